The zero-order valence-corrected chi connectivity index (χ0v) is 15.0. The van der Waals surface area contributed by atoms with Crippen molar-refractivity contribution in [2.24, 2.45) is 0 Å². The number of nitrogens with zero attached hydrogens (tertiary/aromatic N) is 1. The van der Waals surface area contributed by atoms with Crippen LogP contribution in [0, 0.1) is 0 Å². The van der Waals surface area contributed by atoms with Gasteiger partial charge in [0.25, 0.3) is 0 Å². The van der Waals surface area contributed by atoms with Crippen LogP contribution in [0.5, 0.6) is 0 Å². The maximum Gasteiger partial charge on any atom is 0.180 e. The fourth-order valence-corrected chi connectivity index (χ4v) is 6.17. The van der Waals surface area contributed by atoms with E-state index in [1.807, 2.05) is 16.7 Å². The van der Waals surface area contributed by atoms with Crippen LogP contribution in [0.15, 0.2) is 4.90 Å². The minimum Gasteiger partial charge on any atom is -0.396 e. The molecule has 8 heteroatoms. The maximum atomic E-state index is 12.1. The summed E-state index contributed by atoms with van der Waals surface area (Å²) in [7, 11) is -3.48. The fourth-order valence-electron chi connectivity index (χ4n) is 2.43. The predicted molar refractivity (Wildman–Crippen MR) is 90.6 cm³/mol. The van der Waals surface area contributed by atoms with Crippen LogP contribution in [0.3, 0.4) is 0 Å². The van der Waals surface area contributed by atoms with E-state index in [-0.39, 0.29) is 21.1 Å². The number of sulfone groups is 1. The average molecular weight is 349 g/mol. The Morgan fingerprint density at radius 2 is 2.00 bits per heavy atom. The lowest BCUT2D eigenvalue weighted by atomic mass is 10.2. The van der Waals surface area contributed by atoms with Crippen molar-refractivity contribution in [3.8, 4) is 0 Å². The van der Waals surface area contributed by atoms with Crippen molar-refractivity contribution in [1.29, 1.82) is 0 Å². The second kappa shape index (κ2) is 5.48. The van der Waals surface area contributed by atoms with Crippen molar-refractivity contribution in [1.82, 2.24) is 0 Å². The second-order valence-corrected chi connectivity index (χ2v) is 10.6. The normalized spacial score (nSPS) is 18.8. The summed E-state index contributed by atoms with van der Waals surface area (Å²) in [5.74, 6) is 0.725. The van der Waals surface area contributed by atoms with Crippen LogP contribution in [0.1, 0.15) is 30.4 Å². The Hall–Kier alpha value is -0.730. The first-order chi connectivity index (χ1) is 9.53. The van der Waals surface area contributed by atoms with Crippen molar-refractivity contribution < 1.29 is 13.2 Å². The Morgan fingerprint density at radius 1 is 1.38 bits per heavy atom. The Kier molecular flexibility index (Phi) is 4.34. The highest BCUT2D eigenvalue weighted by Gasteiger charge is 2.33. The summed E-state index contributed by atoms with van der Waals surface area (Å²) < 4.78 is 24.2. The van der Waals surface area contributed by atoms with Gasteiger partial charge in [0, 0.05) is 36.8 Å². The smallest absolute Gasteiger partial charge is 0.180 e. The van der Waals surface area contributed by atoms with E-state index < -0.39 is 9.84 Å². The van der Waals surface area contributed by atoms with Crippen molar-refractivity contribution in [2.75, 3.05) is 35.7 Å². The molecule has 0 saturated carbocycles. The van der Waals surface area contributed by atoms with Gasteiger partial charge in [0.15, 0.2) is 15.6 Å². The lowest BCUT2D eigenvalue weighted by molar-refractivity contribution is 0.102. The number of Topliss-reactive ketones (excluding diaryl/α,β-unsaturated/α-hetero) is 1. The zero-order valence-electron chi connectivity index (χ0n) is 12.6. The van der Waals surface area contributed by atoms with E-state index in [1.54, 1.807) is 0 Å². The van der Waals surface area contributed by atoms with Gasteiger partial charge in [0.1, 0.15) is 9.90 Å². The molecular formula is C13H20N2O3S3. The Balaban J connectivity index is 2.58. The van der Waals surface area contributed by atoms with E-state index in [1.165, 1.54) is 18.3 Å². The number of ketones is 1. The first-order valence-electron chi connectivity index (χ1n) is 6.55. The number of anilines is 2. The Labute approximate surface area is 133 Å². The molecule has 1 aromatic heterocycles. The van der Waals surface area contributed by atoms with Crippen molar-refractivity contribution >= 4 is 49.4 Å². The molecule has 0 spiro atoms. The van der Waals surface area contributed by atoms with E-state index in [4.69, 9.17) is 5.73 Å². The van der Waals surface area contributed by atoms with Gasteiger partial charge < -0.3 is 10.6 Å². The number of hydrogen-bond donors (Lipinski definition) is 1. The first-order valence-corrected chi connectivity index (χ1v) is 10.2. The molecule has 0 atom stereocenters. The SMILES string of the molecule is CC(=O)c1sc(N2CCSC(C)(C)C2)c(S(C)(=O)=O)c1N. The highest BCUT2D eigenvalue weighted by atomic mass is 32.2. The minimum absolute atomic E-state index is 0.0438. The quantitative estimate of drug-likeness (QED) is 0.844. The summed E-state index contributed by atoms with van der Waals surface area (Å²) >= 11 is 3.06. The lowest BCUT2D eigenvalue weighted by Crippen LogP contribution is -2.43. The number of nitrogens with two attached hydrogens (primary N) is 1. The number of carbonyl (C=O) groups is 1. The molecule has 0 aromatic carbocycles. The van der Waals surface area contributed by atoms with Crippen LogP contribution < -0.4 is 10.6 Å². The molecule has 21 heavy (non-hydrogen) atoms. The standard InChI is InChI=1S/C13H20N2O3S3/c1-8(16)10-9(14)11(21(4,17)18)12(20-10)15-5-6-19-13(2,3)7-15/h5-7,14H2,1-4H3. The molecule has 0 unspecified atom stereocenters. The van der Waals surface area contributed by atoms with Gasteiger partial charge in [0.2, 0.25) is 0 Å². The van der Waals surface area contributed by atoms with Crippen LogP contribution in [0.2, 0.25) is 0 Å². The van der Waals surface area contributed by atoms with Crippen LogP contribution >= 0.6 is 23.1 Å². The Morgan fingerprint density at radius 3 is 2.48 bits per heavy atom. The molecule has 2 heterocycles. The molecule has 0 radical (unpaired) electrons. The third kappa shape index (κ3) is 3.37. The largest absolute Gasteiger partial charge is 0.396 e. The van der Waals surface area contributed by atoms with Gasteiger partial charge in [-0.25, -0.2) is 8.42 Å². The van der Waals surface area contributed by atoms with E-state index in [2.05, 4.69) is 13.8 Å². The van der Waals surface area contributed by atoms with Crippen molar-refractivity contribution in [3.63, 3.8) is 0 Å². The summed E-state index contributed by atoms with van der Waals surface area (Å²) in [5, 5.41) is 0.605. The molecule has 0 amide bonds. The summed E-state index contributed by atoms with van der Waals surface area (Å²) in [6, 6.07) is 0. The predicted octanol–water partition coefficient (Wildman–Crippen LogP) is 2.27. The molecule has 2 rings (SSSR count). The molecule has 0 bridgehead atoms. The van der Waals surface area contributed by atoms with Crippen LogP contribution in [-0.4, -0.2) is 44.0 Å². The summed E-state index contributed by atoms with van der Waals surface area (Å²) in [6.07, 6.45) is 1.14. The maximum absolute atomic E-state index is 12.1. The topological polar surface area (TPSA) is 80.5 Å². The Bertz CT molecular complexity index is 677. The molecule has 1 aliphatic heterocycles. The zero-order chi connectivity index (χ0) is 16.0. The van der Waals surface area contributed by atoms with Crippen molar-refractivity contribution in [2.45, 2.75) is 30.4 Å². The highest BCUT2D eigenvalue weighted by Crippen LogP contribution is 2.44. The van der Waals surface area contributed by atoms with Crippen LogP contribution in [0.25, 0.3) is 0 Å². The fraction of sp³-hybridized carbons (Fsp3) is 0.615. The number of rotatable bonds is 3. The first kappa shape index (κ1) is 16.6. The number of thiophene rings is 1. The number of thioether (sulfide) groups is 1. The van der Waals surface area contributed by atoms with Gasteiger partial charge in [-0.05, 0) is 13.8 Å². The van der Waals surface area contributed by atoms with E-state index in [9.17, 15) is 13.2 Å². The van der Waals surface area contributed by atoms with E-state index in [0.29, 0.717) is 9.88 Å². The molecular weight excluding hydrogens is 328 g/mol. The van der Waals surface area contributed by atoms with Gasteiger partial charge in [-0.15, -0.1) is 11.3 Å². The number of carbonyl (C=O) groups excluding carboxylic acids is 1. The third-order valence-electron chi connectivity index (χ3n) is 3.29. The monoisotopic (exact) mass is 348 g/mol. The minimum atomic E-state index is -3.48. The van der Waals surface area contributed by atoms with Gasteiger partial charge in [0.05, 0.1) is 10.6 Å². The van der Waals surface area contributed by atoms with Gasteiger partial charge in [-0.2, -0.15) is 11.8 Å². The summed E-state index contributed by atoms with van der Waals surface area (Å²) in [4.78, 5) is 14.2. The number of nitrogen functional groups attached to an aromatic ring is 1. The second-order valence-electron chi connectivity index (χ2n) is 5.84. The molecule has 1 saturated heterocycles. The number of hydrogen-bond acceptors (Lipinski definition) is 7. The highest BCUT2D eigenvalue weighted by molar-refractivity contribution is 8.00. The molecule has 1 aromatic rings. The molecule has 1 aliphatic rings. The lowest BCUT2D eigenvalue weighted by Gasteiger charge is -2.38. The molecule has 118 valence electrons. The van der Waals surface area contributed by atoms with Crippen molar-refractivity contribution in [3.05, 3.63) is 4.88 Å². The third-order valence-corrected chi connectivity index (χ3v) is 7.23. The van der Waals surface area contributed by atoms with Crippen LogP contribution in [0.4, 0.5) is 10.7 Å². The molecule has 5 nitrogen and oxygen atoms in total. The van der Waals surface area contributed by atoms with Gasteiger partial charge in [-0.1, -0.05) is 0 Å². The summed E-state index contributed by atoms with van der Waals surface area (Å²) in [6.45, 7) is 7.17. The average Bonchev–Trinajstić information content (AvgIpc) is 2.65. The molecule has 0 aliphatic carbocycles. The van der Waals surface area contributed by atoms with Gasteiger partial charge in [-0.3, -0.25) is 4.79 Å². The van der Waals surface area contributed by atoms with Crippen LogP contribution in [-0.2, 0) is 9.84 Å². The van der Waals surface area contributed by atoms with E-state index in [0.717, 1.165) is 25.1 Å². The van der Waals surface area contributed by atoms with E-state index >= 15 is 0 Å². The summed E-state index contributed by atoms with van der Waals surface area (Å²) in [5.41, 5.74) is 6.04. The molecule has 2 N–H and O–H groups in total. The molecule has 1 fully saturated rings. The van der Waals surface area contributed by atoms with Gasteiger partial charge >= 0.3 is 0 Å².